The number of anilines is 1. The number of nitrogens with zero attached hydrogens (tertiary/aromatic N) is 1. The molecule has 1 aromatic rings. The number of rotatable bonds is 4. The number of ether oxygens (including phenoxy) is 1. The van der Waals surface area contributed by atoms with Gasteiger partial charge in [-0.1, -0.05) is 26.0 Å². The molecule has 0 radical (unpaired) electrons. The zero-order valence-corrected chi connectivity index (χ0v) is 11.2. The van der Waals surface area contributed by atoms with E-state index in [-0.39, 0.29) is 25.0 Å². The van der Waals surface area contributed by atoms with E-state index in [4.69, 9.17) is 4.74 Å². The van der Waals surface area contributed by atoms with Crippen LogP contribution in [0.1, 0.15) is 19.4 Å². The van der Waals surface area contributed by atoms with Gasteiger partial charge >= 0.3 is 0 Å². The zero-order chi connectivity index (χ0) is 13.8. The summed E-state index contributed by atoms with van der Waals surface area (Å²) in [5.41, 5.74) is 1.65. The molecule has 5 nitrogen and oxygen atoms in total. The highest BCUT2D eigenvalue weighted by Crippen LogP contribution is 2.19. The molecule has 2 rings (SSSR count). The number of amides is 2. The number of imide groups is 1. The smallest absolute Gasteiger partial charge is 0.259 e. The molecule has 0 aliphatic carbocycles. The zero-order valence-electron chi connectivity index (χ0n) is 11.2. The molecule has 1 aliphatic rings. The van der Waals surface area contributed by atoms with Crippen molar-refractivity contribution in [1.82, 2.24) is 5.32 Å². The van der Waals surface area contributed by atoms with Gasteiger partial charge < -0.3 is 10.1 Å². The lowest BCUT2D eigenvalue weighted by Crippen LogP contribution is -2.46. The fourth-order valence-electron chi connectivity index (χ4n) is 1.91. The molecule has 1 saturated heterocycles. The molecule has 0 unspecified atom stereocenters. The molecule has 0 aromatic heterocycles. The van der Waals surface area contributed by atoms with E-state index in [9.17, 15) is 9.59 Å². The molecule has 1 aliphatic heterocycles. The molecular formula is C14H18N2O3. The van der Waals surface area contributed by atoms with Gasteiger partial charge in [0.1, 0.15) is 13.2 Å². The molecule has 1 fully saturated rings. The van der Waals surface area contributed by atoms with Crippen LogP contribution in [0, 0.1) is 0 Å². The maximum absolute atomic E-state index is 11.7. The van der Waals surface area contributed by atoms with E-state index in [1.165, 1.54) is 4.90 Å². The number of carbonyl (C=O) groups is 2. The van der Waals surface area contributed by atoms with Crippen molar-refractivity contribution in [2.45, 2.75) is 26.4 Å². The predicted molar refractivity (Wildman–Crippen MR) is 71.7 cm³/mol. The summed E-state index contributed by atoms with van der Waals surface area (Å²) in [7, 11) is 0. The van der Waals surface area contributed by atoms with Gasteiger partial charge in [0.25, 0.3) is 11.8 Å². The molecule has 19 heavy (non-hydrogen) atoms. The molecule has 0 saturated carbocycles. The van der Waals surface area contributed by atoms with Crippen LogP contribution in [0.15, 0.2) is 24.3 Å². The van der Waals surface area contributed by atoms with Crippen LogP contribution < -0.4 is 10.2 Å². The van der Waals surface area contributed by atoms with E-state index in [0.717, 1.165) is 5.56 Å². The van der Waals surface area contributed by atoms with Crippen LogP contribution in [0.5, 0.6) is 0 Å². The van der Waals surface area contributed by atoms with Gasteiger partial charge in [-0.25, -0.2) is 4.90 Å². The number of morpholine rings is 1. The number of benzene rings is 1. The highest BCUT2D eigenvalue weighted by molar-refractivity contribution is 6.17. The van der Waals surface area contributed by atoms with Gasteiger partial charge in [0.15, 0.2) is 0 Å². The van der Waals surface area contributed by atoms with Crippen LogP contribution in [-0.2, 0) is 20.9 Å². The number of hydrogen-bond donors (Lipinski definition) is 1. The Morgan fingerprint density at radius 1 is 1.26 bits per heavy atom. The Morgan fingerprint density at radius 3 is 2.58 bits per heavy atom. The first-order valence-corrected chi connectivity index (χ1v) is 6.34. The molecule has 1 aromatic carbocycles. The second kappa shape index (κ2) is 5.95. The SMILES string of the molecule is CC(C)NCc1cccc(N2C(=O)COCC2=O)c1. The van der Waals surface area contributed by atoms with Crippen molar-refractivity contribution in [3.63, 3.8) is 0 Å². The summed E-state index contributed by atoms with van der Waals surface area (Å²) in [5.74, 6) is -0.629. The number of carbonyl (C=O) groups excluding carboxylic acids is 2. The first-order valence-electron chi connectivity index (χ1n) is 6.34. The van der Waals surface area contributed by atoms with E-state index < -0.39 is 0 Å². The molecule has 5 heteroatoms. The standard InChI is InChI=1S/C14H18N2O3/c1-10(2)15-7-11-4-3-5-12(6-11)16-13(17)8-19-9-14(16)18/h3-6,10,15H,7-9H2,1-2H3. The Kier molecular flexibility index (Phi) is 4.29. The largest absolute Gasteiger partial charge is 0.362 e. The fraction of sp³-hybridized carbons (Fsp3) is 0.429. The third-order valence-corrected chi connectivity index (χ3v) is 2.83. The molecule has 0 bridgehead atoms. The third-order valence-electron chi connectivity index (χ3n) is 2.83. The molecular weight excluding hydrogens is 244 g/mol. The second-order valence-electron chi connectivity index (χ2n) is 4.82. The lowest BCUT2D eigenvalue weighted by molar-refractivity contribution is -0.138. The number of hydrogen-bond acceptors (Lipinski definition) is 4. The summed E-state index contributed by atoms with van der Waals surface area (Å²) < 4.78 is 4.90. The maximum atomic E-state index is 11.7. The Labute approximate surface area is 112 Å². The lowest BCUT2D eigenvalue weighted by Gasteiger charge is -2.25. The Hall–Kier alpha value is -1.72. The van der Waals surface area contributed by atoms with Crippen molar-refractivity contribution < 1.29 is 14.3 Å². The highest BCUT2D eigenvalue weighted by Gasteiger charge is 2.28. The summed E-state index contributed by atoms with van der Waals surface area (Å²) in [4.78, 5) is 24.7. The van der Waals surface area contributed by atoms with Gasteiger partial charge in [0.2, 0.25) is 0 Å². The van der Waals surface area contributed by atoms with Crippen molar-refractivity contribution in [2.24, 2.45) is 0 Å². The summed E-state index contributed by atoms with van der Waals surface area (Å²) in [6, 6.07) is 7.82. The van der Waals surface area contributed by atoms with E-state index in [1.54, 1.807) is 6.07 Å². The molecule has 0 atom stereocenters. The normalized spacial score (nSPS) is 16.3. The molecule has 1 N–H and O–H groups in total. The summed E-state index contributed by atoms with van der Waals surface area (Å²) in [6.07, 6.45) is 0. The molecule has 1 heterocycles. The van der Waals surface area contributed by atoms with Crippen LogP contribution in [-0.4, -0.2) is 31.1 Å². The molecule has 102 valence electrons. The monoisotopic (exact) mass is 262 g/mol. The quantitative estimate of drug-likeness (QED) is 0.825. The Balaban J connectivity index is 2.17. The van der Waals surface area contributed by atoms with E-state index in [0.29, 0.717) is 18.3 Å². The number of nitrogens with one attached hydrogen (secondary N) is 1. The van der Waals surface area contributed by atoms with Crippen molar-refractivity contribution in [2.75, 3.05) is 18.1 Å². The van der Waals surface area contributed by atoms with Gasteiger partial charge in [-0.05, 0) is 17.7 Å². The summed E-state index contributed by atoms with van der Waals surface area (Å²) in [6.45, 7) is 4.76. The van der Waals surface area contributed by atoms with Crippen LogP contribution in [0.2, 0.25) is 0 Å². The van der Waals surface area contributed by atoms with E-state index >= 15 is 0 Å². The van der Waals surface area contributed by atoms with Gasteiger partial charge in [0, 0.05) is 12.6 Å². The van der Waals surface area contributed by atoms with Crippen molar-refractivity contribution in [3.8, 4) is 0 Å². The van der Waals surface area contributed by atoms with Crippen LogP contribution in [0.4, 0.5) is 5.69 Å². The van der Waals surface area contributed by atoms with Crippen molar-refractivity contribution >= 4 is 17.5 Å². The van der Waals surface area contributed by atoms with Gasteiger partial charge in [0.05, 0.1) is 5.69 Å². The minimum Gasteiger partial charge on any atom is -0.362 e. The average Bonchev–Trinajstić information content (AvgIpc) is 2.37. The minimum atomic E-state index is -0.315. The van der Waals surface area contributed by atoms with Crippen LogP contribution in [0.25, 0.3) is 0 Å². The topological polar surface area (TPSA) is 58.6 Å². The van der Waals surface area contributed by atoms with Crippen molar-refractivity contribution in [1.29, 1.82) is 0 Å². The Morgan fingerprint density at radius 2 is 1.95 bits per heavy atom. The highest BCUT2D eigenvalue weighted by atomic mass is 16.5. The van der Waals surface area contributed by atoms with Gasteiger partial charge in [-0.3, -0.25) is 9.59 Å². The minimum absolute atomic E-state index is 0.0415. The molecule has 2 amide bonds. The first kappa shape index (κ1) is 13.7. The molecule has 0 spiro atoms. The van der Waals surface area contributed by atoms with Crippen molar-refractivity contribution in [3.05, 3.63) is 29.8 Å². The van der Waals surface area contributed by atoms with E-state index in [2.05, 4.69) is 19.2 Å². The predicted octanol–water partition coefficient (Wildman–Crippen LogP) is 1.07. The summed E-state index contributed by atoms with van der Waals surface area (Å²) in [5, 5.41) is 3.30. The lowest BCUT2D eigenvalue weighted by atomic mass is 10.1. The Bertz CT molecular complexity index is 469. The average molecular weight is 262 g/mol. The van der Waals surface area contributed by atoms with Crippen LogP contribution in [0.3, 0.4) is 0 Å². The van der Waals surface area contributed by atoms with Crippen LogP contribution >= 0.6 is 0 Å². The first-order chi connectivity index (χ1) is 9.08. The van der Waals surface area contributed by atoms with Gasteiger partial charge in [-0.15, -0.1) is 0 Å². The van der Waals surface area contributed by atoms with E-state index in [1.807, 2.05) is 18.2 Å². The fourth-order valence-corrected chi connectivity index (χ4v) is 1.91. The third kappa shape index (κ3) is 3.39. The second-order valence-corrected chi connectivity index (χ2v) is 4.82. The summed E-state index contributed by atoms with van der Waals surface area (Å²) >= 11 is 0. The van der Waals surface area contributed by atoms with Gasteiger partial charge in [-0.2, -0.15) is 0 Å². The maximum Gasteiger partial charge on any atom is 0.259 e.